The van der Waals surface area contributed by atoms with Crippen LogP contribution in [0.1, 0.15) is 33.1 Å². The summed E-state index contributed by atoms with van der Waals surface area (Å²) in [6.45, 7) is 7.21. The van der Waals surface area contributed by atoms with Crippen molar-refractivity contribution in [1.29, 1.82) is 0 Å². The molecule has 1 aliphatic carbocycles. The maximum atomic E-state index is 3.62. The summed E-state index contributed by atoms with van der Waals surface area (Å²) in [6.07, 6.45) is 4.39. The molecule has 0 amide bonds. The van der Waals surface area contributed by atoms with Crippen LogP contribution in [-0.2, 0) is 0 Å². The van der Waals surface area contributed by atoms with Gasteiger partial charge in [-0.2, -0.15) is 0 Å². The highest BCUT2D eigenvalue weighted by molar-refractivity contribution is 9.09. The summed E-state index contributed by atoms with van der Waals surface area (Å²) in [5, 5.41) is 1.14. The zero-order chi connectivity index (χ0) is 10.6. The lowest BCUT2D eigenvalue weighted by molar-refractivity contribution is 0.177. The number of hydrogen-bond acceptors (Lipinski definition) is 1. The molecule has 0 radical (unpaired) electrons. The molecule has 14 heavy (non-hydrogen) atoms. The van der Waals surface area contributed by atoms with E-state index in [-0.39, 0.29) is 0 Å². The Morgan fingerprint density at radius 2 is 2.00 bits per heavy atom. The molecule has 1 unspecified atom stereocenters. The van der Waals surface area contributed by atoms with Gasteiger partial charge in [0.15, 0.2) is 0 Å². The largest absolute Gasteiger partial charge is 0.306 e. The third kappa shape index (κ3) is 3.90. The predicted octanol–water partition coefficient (Wildman–Crippen LogP) is 3.39. The van der Waals surface area contributed by atoms with Gasteiger partial charge in [-0.1, -0.05) is 36.2 Å². The number of nitrogens with zero attached hydrogens (tertiary/aromatic N) is 1. The lowest BCUT2D eigenvalue weighted by Crippen LogP contribution is -2.35. The zero-order valence-electron chi connectivity index (χ0n) is 9.80. The zero-order valence-corrected chi connectivity index (χ0v) is 11.4. The summed E-state index contributed by atoms with van der Waals surface area (Å²) in [7, 11) is 2.27. The fraction of sp³-hybridized carbons (Fsp3) is 1.00. The van der Waals surface area contributed by atoms with Gasteiger partial charge in [0.1, 0.15) is 0 Å². The molecular weight excluding hydrogens is 238 g/mol. The van der Waals surface area contributed by atoms with Crippen molar-refractivity contribution in [3.05, 3.63) is 0 Å². The van der Waals surface area contributed by atoms with Crippen LogP contribution in [0, 0.1) is 17.8 Å². The Morgan fingerprint density at radius 3 is 2.36 bits per heavy atom. The standard InChI is InChI=1S/C12H24BrN/c1-10(2)12(7-13)9-14(3)8-11-5-4-6-11/h10-12H,4-9H2,1-3H3. The van der Waals surface area contributed by atoms with E-state index in [1.807, 2.05) is 0 Å². The SMILES string of the molecule is CC(C)C(CBr)CN(C)CC1CCC1. The summed E-state index contributed by atoms with van der Waals surface area (Å²) in [5.74, 6) is 2.60. The Labute approximate surface area is 97.4 Å². The quantitative estimate of drug-likeness (QED) is 0.663. The second-order valence-corrected chi connectivity index (χ2v) is 5.82. The van der Waals surface area contributed by atoms with Crippen LogP contribution in [0.4, 0.5) is 0 Å². The van der Waals surface area contributed by atoms with Gasteiger partial charge in [-0.3, -0.25) is 0 Å². The van der Waals surface area contributed by atoms with Crippen molar-refractivity contribution in [3.8, 4) is 0 Å². The first kappa shape index (κ1) is 12.5. The van der Waals surface area contributed by atoms with Crippen LogP contribution in [-0.4, -0.2) is 30.4 Å². The molecule has 0 aromatic heterocycles. The van der Waals surface area contributed by atoms with Crippen molar-refractivity contribution < 1.29 is 0 Å². The second-order valence-electron chi connectivity index (χ2n) is 5.18. The van der Waals surface area contributed by atoms with Crippen LogP contribution < -0.4 is 0 Å². The Bertz CT molecular complexity index is 154. The molecule has 0 N–H and O–H groups in total. The van der Waals surface area contributed by atoms with E-state index >= 15 is 0 Å². The number of alkyl halides is 1. The number of rotatable bonds is 6. The molecule has 1 rings (SSSR count). The fourth-order valence-electron chi connectivity index (χ4n) is 2.03. The van der Waals surface area contributed by atoms with Crippen LogP contribution in [0.15, 0.2) is 0 Å². The van der Waals surface area contributed by atoms with E-state index in [0.29, 0.717) is 0 Å². The maximum Gasteiger partial charge on any atom is 0.00743 e. The summed E-state index contributed by atoms with van der Waals surface area (Å²) in [6, 6.07) is 0. The van der Waals surface area contributed by atoms with E-state index in [1.54, 1.807) is 0 Å². The molecule has 1 saturated carbocycles. The van der Waals surface area contributed by atoms with E-state index in [4.69, 9.17) is 0 Å². The molecule has 1 nitrogen and oxygen atoms in total. The molecule has 0 aromatic rings. The third-order valence-corrected chi connectivity index (χ3v) is 4.31. The molecule has 2 heteroatoms. The molecule has 0 heterocycles. The average Bonchev–Trinajstić information content (AvgIpc) is 2.07. The van der Waals surface area contributed by atoms with Crippen molar-refractivity contribution in [2.24, 2.45) is 17.8 Å². The molecule has 0 bridgehead atoms. The molecule has 1 aliphatic rings. The van der Waals surface area contributed by atoms with Gasteiger partial charge in [-0.25, -0.2) is 0 Å². The van der Waals surface area contributed by atoms with Gasteiger partial charge in [0, 0.05) is 18.4 Å². The minimum atomic E-state index is 0.790. The molecule has 0 aromatic carbocycles. The molecular formula is C12H24BrN. The van der Waals surface area contributed by atoms with Gasteiger partial charge in [0.2, 0.25) is 0 Å². The topological polar surface area (TPSA) is 3.24 Å². The molecule has 0 aliphatic heterocycles. The van der Waals surface area contributed by atoms with Gasteiger partial charge < -0.3 is 4.90 Å². The first-order valence-corrected chi connectivity index (χ1v) is 7.00. The second kappa shape index (κ2) is 6.12. The minimum absolute atomic E-state index is 0.790. The van der Waals surface area contributed by atoms with Crippen LogP contribution in [0.2, 0.25) is 0 Å². The predicted molar refractivity (Wildman–Crippen MR) is 67.0 cm³/mol. The van der Waals surface area contributed by atoms with Crippen LogP contribution in [0.25, 0.3) is 0 Å². The molecule has 0 spiro atoms. The summed E-state index contributed by atoms with van der Waals surface area (Å²) in [4.78, 5) is 2.52. The first-order chi connectivity index (χ1) is 6.63. The van der Waals surface area contributed by atoms with Crippen LogP contribution in [0.5, 0.6) is 0 Å². The smallest absolute Gasteiger partial charge is 0.00743 e. The van der Waals surface area contributed by atoms with E-state index in [2.05, 4.69) is 41.7 Å². The van der Waals surface area contributed by atoms with Crippen molar-refractivity contribution >= 4 is 15.9 Å². The van der Waals surface area contributed by atoms with Gasteiger partial charge in [-0.05, 0) is 37.6 Å². The lowest BCUT2D eigenvalue weighted by Gasteiger charge is -2.32. The van der Waals surface area contributed by atoms with Gasteiger partial charge in [0.05, 0.1) is 0 Å². The fourth-order valence-corrected chi connectivity index (χ4v) is 2.98. The van der Waals surface area contributed by atoms with Gasteiger partial charge >= 0.3 is 0 Å². The normalized spacial score (nSPS) is 20.1. The Morgan fingerprint density at radius 1 is 1.36 bits per heavy atom. The van der Waals surface area contributed by atoms with Crippen molar-refractivity contribution in [1.82, 2.24) is 4.90 Å². The summed E-state index contributed by atoms with van der Waals surface area (Å²) in [5.41, 5.74) is 0. The maximum absolute atomic E-state index is 3.62. The van der Waals surface area contributed by atoms with Crippen molar-refractivity contribution in [2.45, 2.75) is 33.1 Å². The molecule has 84 valence electrons. The van der Waals surface area contributed by atoms with Crippen molar-refractivity contribution in [3.63, 3.8) is 0 Å². The van der Waals surface area contributed by atoms with Crippen molar-refractivity contribution in [2.75, 3.05) is 25.5 Å². The minimum Gasteiger partial charge on any atom is -0.306 e. The Hall–Kier alpha value is 0.440. The molecule has 1 fully saturated rings. The van der Waals surface area contributed by atoms with Crippen LogP contribution >= 0.6 is 15.9 Å². The third-order valence-electron chi connectivity index (χ3n) is 3.48. The van der Waals surface area contributed by atoms with Gasteiger partial charge in [-0.15, -0.1) is 0 Å². The number of hydrogen-bond donors (Lipinski definition) is 0. The first-order valence-electron chi connectivity index (χ1n) is 5.88. The monoisotopic (exact) mass is 261 g/mol. The van der Waals surface area contributed by atoms with E-state index in [0.717, 1.165) is 23.1 Å². The summed E-state index contributed by atoms with van der Waals surface area (Å²) >= 11 is 3.62. The number of halogens is 1. The average molecular weight is 262 g/mol. The van der Waals surface area contributed by atoms with E-state index in [9.17, 15) is 0 Å². The Balaban J connectivity index is 2.19. The van der Waals surface area contributed by atoms with E-state index < -0.39 is 0 Å². The van der Waals surface area contributed by atoms with Gasteiger partial charge in [0.25, 0.3) is 0 Å². The highest BCUT2D eigenvalue weighted by Crippen LogP contribution is 2.27. The van der Waals surface area contributed by atoms with Crippen LogP contribution in [0.3, 0.4) is 0 Å². The lowest BCUT2D eigenvalue weighted by atomic mass is 9.85. The molecule has 0 saturated heterocycles. The highest BCUT2D eigenvalue weighted by Gasteiger charge is 2.21. The Kier molecular flexibility index (Phi) is 5.47. The van der Waals surface area contributed by atoms with E-state index in [1.165, 1.54) is 32.4 Å². The molecule has 1 atom stereocenters. The summed E-state index contributed by atoms with van der Waals surface area (Å²) < 4.78 is 0. The highest BCUT2D eigenvalue weighted by atomic mass is 79.9.